The van der Waals surface area contributed by atoms with Crippen molar-refractivity contribution in [3.05, 3.63) is 99.6 Å². The van der Waals surface area contributed by atoms with Gasteiger partial charge in [0.2, 0.25) is 5.91 Å². The summed E-state index contributed by atoms with van der Waals surface area (Å²) in [5, 5.41) is 15.1. The van der Waals surface area contributed by atoms with Crippen LogP contribution in [0, 0.1) is 10.1 Å². The van der Waals surface area contributed by atoms with Gasteiger partial charge in [0.15, 0.2) is 5.78 Å². The number of non-ortho nitro benzene ring substituents is 1. The van der Waals surface area contributed by atoms with Crippen molar-refractivity contribution in [2.24, 2.45) is 0 Å². The Bertz CT molecular complexity index is 1360. The average molecular weight is 500 g/mol. The molecule has 37 heavy (non-hydrogen) atoms. The number of furan rings is 1. The molecule has 0 spiro atoms. The summed E-state index contributed by atoms with van der Waals surface area (Å²) < 4.78 is 5.63. The van der Waals surface area contributed by atoms with E-state index in [9.17, 15) is 19.7 Å². The fraction of sp³-hybridized carbons (Fsp3) is 0.310. The van der Waals surface area contributed by atoms with Crippen LogP contribution in [0.4, 0.5) is 17.1 Å². The van der Waals surface area contributed by atoms with Gasteiger partial charge >= 0.3 is 0 Å². The highest BCUT2D eigenvalue weighted by Gasteiger charge is 2.42. The third-order valence-electron chi connectivity index (χ3n) is 7.09. The number of anilines is 2. The highest BCUT2D eigenvalue weighted by atomic mass is 16.6. The summed E-state index contributed by atoms with van der Waals surface area (Å²) >= 11 is 0. The Labute approximate surface area is 215 Å². The van der Waals surface area contributed by atoms with Gasteiger partial charge < -0.3 is 9.73 Å². The molecule has 0 saturated heterocycles. The van der Waals surface area contributed by atoms with E-state index in [1.165, 1.54) is 12.1 Å². The number of amides is 1. The van der Waals surface area contributed by atoms with Crippen LogP contribution in [-0.4, -0.2) is 16.6 Å². The lowest BCUT2D eigenvalue weighted by Crippen LogP contribution is -2.38. The Morgan fingerprint density at radius 3 is 2.70 bits per heavy atom. The Morgan fingerprint density at radius 1 is 1.11 bits per heavy atom. The van der Waals surface area contributed by atoms with Crippen molar-refractivity contribution in [3.63, 3.8) is 0 Å². The summed E-state index contributed by atoms with van der Waals surface area (Å²) in [7, 11) is 0. The van der Waals surface area contributed by atoms with E-state index in [1.54, 1.807) is 23.3 Å². The highest BCUT2D eigenvalue weighted by molar-refractivity contribution is 6.06. The second kappa shape index (κ2) is 10.4. The molecule has 1 amide bonds. The number of benzene rings is 2. The number of hydrogen-bond acceptors (Lipinski definition) is 6. The molecule has 1 N–H and O–H groups in total. The molecule has 0 saturated carbocycles. The van der Waals surface area contributed by atoms with Gasteiger partial charge in [-0.3, -0.25) is 24.6 Å². The maximum absolute atomic E-state index is 13.9. The standard InChI is InChI=1S/C29H29N3O5/c1-2-3-4-14-27(34)31-24-12-6-5-11-22(24)30-23-17-20(26-13-8-15-37-26)18-25(33)28(23)29(31)19-9-7-10-21(16-19)32(35)36/h5-13,15-16,20,29-30H,2-4,14,17-18H2,1H3. The predicted octanol–water partition coefficient (Wildman–Crippen LogP) is 6.67. The molecule has 2 unspecified atom stereocenters. The summed E-state index contributed by atoms with van der Waals surface area (Å²) in [5.41, 5.74) is 3.01. The second-order valence-corrected chi connectivity index (χ2v) is 9.55. The van der Waals surface area contributed by atoms with Gasteiger partial charge in [-0.15, -0.1) is 0 Å². The predicted molar refractivity (Wildman–Crippen MR) is 140 cm³/mol. The van der Waals surface area contributed by atoms with Gasteiger partial charge in [0, 0.05) is 42.2 Å². The number of carbonyl (C=O) groups excluding carboxylic acids is 2. The van der Waals surface area contributed by atoms with Crippen LogP contribution in [0.25, 0.3) is 0 Å². The normalized spacial score (nSPS) is 19.1. The van der Waals surface area contributed by atoms with Crippen LogP contribution >= 0.6 is 0 Å². The fourth-order valence-electron chi connectivity index (χ4n) is 5.36. The van der Waals surface area contributed by atoms with Crippen molar-refractivity contribution < 1.29 is 18.9 Å². The first-order valence-corrected chi connectivity index (χ1v) is 12.7. The van der Waals surface area contributed by atoms with E-state index in [2.05, 4.69) is 12.2 Å². The van der Waals surface area contributed by atoms with E-state index < -0.39 is 11.0 Å². The number of nitro groups is 1. The largest absolute Gasteiger partial charge is 0.469 e. The molecule has 2 heterocycles. The number of Topliss-reactive ketones (excluding diaryl/α,β-unsaturated/α-hetero) is 1. The zero-order valence-electron chi connectivity index (χ0n) is 20.7. The molecule has 1 aromatic heterocycles. The lowest BCUT2D eigenvalue weighted by atomic mass is 9.80. The van der Waals surface area contributed by atoms with E-state index in [4.69, 9.17) is 4.42 Å². The Morgan fingerprint density at radius 2 is 1.95 bits per heavy atom. The molecule has 0 fully saturated rings. The molecule has 2 aliphatic rings. The maximum atomic E-state index is 13.9. The summed E-state index contributed by atoms with van der Waals surface area (Å²) in [4.78, 5) is 40.6. The maximum Gasteiger partial charge on any atom is 0.269 e. The number of ketones is 1. The third kappa shape index (κ3) is 4.79. The Balaban J connectivity index is 1.69. The minimum absolute atomic E-state index is 0.0831. The van der Waals surface area contributed by atoms with Gasteiger partial charge in [-0.05, 0) is 42.7 Å². The van der Waals surface area contributed by atoms with Crippen LogP contribution in [0.3, 0.4) is 0 Å². The van der Waals surface area contributed by atoms with Crippen molar-refractivity contribution >= 4 is 28.8 Å². The Hall–Kier alpha value is -4.20. The molecular formula is C29H29N3O5. The van der Waals surface area contributed by atoms with Gasteiger partial charge in [0.05, 0.1) is 28.6 Å². The smallest absolute Gasteiger partial charge is 0.269 e. The second-order valence-electron chi connectivity index (χ2n) is 9.55. The van der Waals surface area contributed by atoms with Crippen LogP contribution in [0.5, 0.6) is 0 Å². The van der Waals surface area contributed by atoms with E-state index in [0.717, 1.165) is 30.7 Å². The number of unbranched alkanes of at least 4 members (excludes halogenated alkanes) is 2. The molecular weight excluding hydrogens is 470 g/mol. The van der Waals surface area contributed by atoms with Crippen molar-refractivity contribution in [1.82, 2.24) is 0 Å². The molecule has 0 radical (unpaired) electrons. The number of hydrogen-bond donors (Lipinski definition) is 1. The van der Waals surface area contributed by atoms with Gasteiger partial charge in [-0.2, -0.15) is 0 Å². The number of allylic oxidation sites excluding steroid dienone is 1. The van der Waals surface area contributed by atoms with E-state index in [0.29, 0.717) is 35.4 Å². The quantitative estimate of drug-likeness (QED) is 0.221. The summed E-state index contributed by atoms with van der Waals surface area (Å²) in [5.74, 6) is 0.372. The number of nitrogens with one attached hydrogen (secondary N) is 1. The van der Waals surface area contributed by atoms with Crippen molar-refractivity contribution in [3.8, 4) is 0 Å². The topological polar surface area (TPSA) is 106 Å². The summed E-state index contributed by atoms with van der Waals surface area (Å²) in [6.07, 6.45) is 5.28. The fourth-order valence-corrected chi connectivity index (χ4v) is 5.36. The van der Waals surface area contributed by atoms with E-state index in [1.807, 2.05) is 36.4 Å². The van der Waals surface area contributed by atoms with Crippen LogP contribution < -0.4 is 10.2 Å². The van der Waals surface area contributed by atoms with Crippen molar-refractivity contribution in [1.29, 1.82) is 0 Å². The third-order valence-corrected chi connectivity index (χ3v) is 7.09. The first-order chi connectivity index (χ1) is 18.0. The number of para-hydroxylation sites is 2. The molecule has 8 nitrogen and oxygen atoms in total. The number of fused-ring (bicyclic) bond motifs is 1. The molecule has 2 atom stereocenters. The Kier molecular flexibility index (Phi) is 6.90. The summed E-state index contributed by atoms with van der Waals surface area (Å²) in [6, 6.07) is 16.6. The van der Waals surface area contributed by atoms with Crippen LogP contribution in [0.15, 0.2) is 82.6 Å². The number of carbonyl (C=O) groups is 2. The molecule has 0 bridgehead atoms. The number of nitro benzene ring substituents is 1. The molecule has 2 aromatic carbocycles. The minimum atomic E-state index is -0.787. The van der Waals surface area contributed by atoms with E-state index in [-0.39, 0.29) is 29.7 Å². The molecule has 3 aromatic rings. The van der Waals surface area contributed by atoms with Gasteiger partial charge in [-0.1, -0.05) is 44.0 Å². The zero-order chi connectivity index (χ0) is 25.9. The van der Waals surface area contributed by atoms with Crippen LogP contribution in [0.2, 0.25) is 0 Å². The minimum Gasteiger partial charge on any atom is -0.469 e. The number of rotatable bonds is 7. The molecule has 1 aliphatic heterocycles. The summed E-state index contributed by atoms with van der Waals surface area (Å²) in [6.45, 7) is 2.08. The number of nitrogens with zero attached hydrogens (tertiary/aromatic N) is 2. The average Bonchev–Trinajstić information content (AvgIpc) is 3.39. The SMILES string of the molecule is CCCCCC(=O)N1c2ccccc2NC2=C(C(=O)CC(c3ccco3)C2)C1c1cccc([N+](=O)[O-])c1. The monoisotopic (exact) mass is 499 g/mol. The van der Waals surface area contributed by atoms with Crippen LogP contribution in [-0.2, 0) is 9.59 Å². The van der Waals surface area contributed by atoms with Gasteiger partial charge in [0.1, 0.15) is 5.76 Å². The van der Waals surface area contributed by atoms with E-state index >= 15 is 0 Å². The van der Waals surface area contributed by atoms with Crippen molar-refractivity contribution in [2.75, 3.05) is 10.2 Å². The molecule has 5 rings (SSSR count). The molecule has 1 aliphatic carbocycles. The van der Waals surface area contributed by atoms with Gasteiger partial charge in [0.25, 0.3) is 5.69 Å². The van der Waals surface area contributed by atoms with Crippen LogP contribution in [0.1, 0.15) is 68.7 Å². The highest BCUT2D eigenvalue weighted by Crippen LogP contribution is 2.48. The molecule has 8 heteroatoms. The first kappa shape index (κ1) is 24.5. The lowest BCUT2D eigenvalue weighted by Gasteiger charge is -2.35. The molecule has 190 valence electrons. The van der Waals surface area contributed by atoms with Crippen molar-refractivity contribution in [2.45, 2.75) is 57.4 Å². The van der Waals surface area contributed by atoms with Gasteiger partial charge in [-0.25, -0.2) is 0 Å². The zero-order valence-corrected chi connectivity index (χ0v) is 20.7. The lowest BCUT2D eigenvalue weighted by molar-refractivity contribution is -0.384. The first-order valence-electron chi connectivity index (χ1n) is 12.7.